The van der Waals surface area contributed by atoms with Crippen LogP contribution in [0.3, 0.4) is 0 Å². The van der Waals surface area contributed by atoms with Gasteiger partial charge < -0.3 is 9.30 Å². The second kappa shape index (κ2) is 4.23. The van der Waals surface area contributed by atoms with Crippen LogP contribution in [0.4, 0.5) is 0 Å². The normalized spacial score (nSPS) is 22.6. The SMILES string of the molecule is CC1(C)CC(=O)c2ccn(C3COc4ccccc43)c2C1. The van der Waals surface area contributed by atoms with Gasteiger partial charge in [0.1, 0.15) is 12.4 Å². The molecule has 0 saturated carbocycles. The lowest BCUT2D eigenvalue weighted by Crippen LogP contribution is -2.29. The van der Waals surface area contributed by atoms with Crippen molar-refractivity contribution < 1.29 is 9.53 Å². The van der Waals surface area contributed by atoms with Crippen LogP contribution >= 0.6 is 0 Å². The van der Waals surface area contributed by atoms with Gasteiger partial charge in [-0.2, -0.15) is 0 Å². The summed E-state index contributed by atoms with van der Waals surface area (Å²) in [4.78, 5) is 12.3. The van der Waals surface area contributed by atoms with E-state index in [0.29, 0.717) is 13.0 Å². The van der Waals surface area contributed by atoms with Gasteiger partial charge in [0.05, 0.1) is 6.04 Å². The van der Waals surface area contributed by atoms with E-state index in [4.69, 9.17) is 4.74 Å². The molecule has 2 heterocycles. The second-order valence-corrected chi connectivity index (χ2v) is 6.89. The highest BCUT2D eigenvalue weighted by atomic mass is 16.5. The van der Waals surface area contributed by atoms with Crippen LogP contribution < -0.4 is 4.74 Å². The van der Waals surface area contributed by atoms with Crippen molar-refractivity contribution in [1.82, 2.24) is 4.57 Å². The van der Waals surface area contributed by atoms with E-state index in [1.165, 1.54) is 11.3 Å². The molecule has 0 amide bonds. The number of nitrogens with zero attached hydrogens (tertiary/aromatic N) is 1. The predicted molar refractivity (Wildman–Crippen MR) is 80.9 cm³/mol. The zero-order chi connectivity index (χ0) is 14.6. The van der Waals surface area contributed by atoms with Crippen molar-refractivity contribution in [3.8, 4) is 5.75 Å². The van der Waals surface area contributed by atoms with Crippen molar-refractivity contribution >= 4 is 5.78 Å². The zero-order valence-electron chi connectivity index (χ0n) is 12.4. The molecule has 0 saturated heterocycles. The molecule has 4 rings (SSSR count). The maximum absolute atomic E-state index is 12.3. The maximum atomic E-state index is 12.3. The van der Waals surface area contributed by atoms with Crippen molar-refractivity contribution in [2.75, 3.05) is 6.61 Å². The molecular weight excluding hydrogens is 262 g/mol. The summed E-state index contributed by atoms with van der Waals surface area (Å²) in [5.74, 6) is 1.23. The lowest BCUT2D eigenvalue weighted by atomic mass is 9.76. The smallest absolute Gasteiger partial charge is 0.165 e. The molecule has 1 aliphatic carbocycles. The van der Waals surface area contributed by atoms with Crippen LogP contribution in [0, 0.1) is 5.41 Å². The van der Waals surface area contributed by atoms with Crippen LogP contribution in [0.25, 0.3) is 0 Å². The van der Waals surface area contributed by atoms with Crippen molar-refractivity contribution in [2.24, 2.45) is 5.41 Å². The number of carbonyl (C=O) groups is 1. The number of benzene rings is 1. The third kappa shape index (κ3) is 1.91. The number of ketones is 1. The zero-order valence-corrected chi connectivity index (χ0v) is 12.4. The van der Waals surface area contributed by atoms with E-state index in [-0.39, 0.29) is 17.2 Å². The minimum atomic E-state index is 0.0408. The molecule has 3 heteroatoms. The Bertz CT molecular complexity index is 727. The number of ether oxygens (including phenoxy) is 1. The highest BCUT2D eigenvalue weighted by Gasteiger charge is 2.35. The van der Waals surface area contributed by atoms with Crippen LogP contribution in [0.1, 0.15) is 47.9 Å². The summed E-state index contributed by atoms with van der Waals surface area (Å²) in [7, 11) is 0. The Hall–Kier alpha value is -2.03. The maximum Gasteiger partial charge on any atom is 0.165 e. The number of rotatable bonds is 1. The first kappa shape index (κ1) is 12.7. The number of hydrogen-bond acceptors (Lipinski definition) is 2. The lowest BCUT2D eigenvalue weighted by molar-refractivity contribution is 0.0909. The Morgan fingerprint density at radius 1 is 1.19 bits per heavy atom. The molecule has 0 radical (unpaired) electrons. The van der Waals surface area contributed by atoms with E-state index < -0.39 is 0 Å². The average molecular weight is 281 g/mol. The summed E-state index contributed by atoms with van der Waals surface area (Å²) in [6.07, 6.45) is 3.64. The first-order valence-corrected chi connectivity index (χ1v) is 7.50. The van der Waals surface area contributed by atoms with E-state index in [1.54, 1.807) is 0 Å². The highest BCUT2D eigenvalue weighted by Crippen LogP contribution is 2.40. The number of aromatic nitrogens is 1. The Morgan fingerprint density at radius 2 is 2.00 bits per heavy atom. The fourth-order valence-corrected chi connectivity index (χ4v) is 3.63. The van der Waals surface area contributed by atoms with Gasteiger partial charge in [0.25, 0.3) is 0 Å². The standard InChI is InChI=1S/C18H19NO2/c1-18(2)9-14-12(16(20)10-18)7-8-19(14)15-11-21-17-6-4-3-5-13(15)17/h3-8,15H,9-11H2,1-2H3. The van der Waals surface area contributed by atoms with Crippen LogP contribution in [0.5, 0.6) is 5.75 Å². The summed E-state index contributed by atoms with van der Waals surface area (Å²) >= 11 is 0. The first-order chi connectivity index (χ1) is 10.1. The topological polar surface area (TPSA) is 31.2 Å². The molecule has 0 spiro atoms. The minimum absolute atomic E-state index is 0.0408. The van der Waals surface area contributed by atoms with Gasteiger partial charge in [-0.25, -0.2) is 0 Å². The molecule has 3 nitrogen and oxygen atoms in total. The summed E-state index contributed by atoms with van der Waals surface area (Å²) in [5, 5.41) is 0. The largest absolute Gasteiger partial charge is 0.491 e. The third-order valence-corrected chi connectivity index (χ3v) is 4.62. The highest BCUT2D eigenvalue weighted by molar-refractivity contribution is 5.98. The molecule has 0 N–H and O–H groups in total. The number of hydrogen-bond donors (Lipinski definition) is 0. The van der Waals surface area contributed by atoms with E-state index in [1.807, 2.05) is 24.3 Å². The summed E-state index contributed by atoms with van der Waals surface area (Å²) in [5.41, 5.74) is 3.33. The van der Waals surface area contributed by atoms with Crippen LogP contribution in [-0.2, 0) is 6.42 Å². The van der Waals surface area contributed by atoms with Gasteiger partial charge in [-0.05, 0) is 24.0 Å². The fourth-order valence-electron chi connectivity index (χ4n) is 3.63. The molecule has 1 aromatic heterocycles. The van der Waals surface area contributed by atoms with Gasteiger partial charge >= 0.3 is 0 Å². The van der Waals surface area contributed by atoms with Crippen molar-refractivity contribution in [3.63, 3.8) is 0 Å². The van der Waals surface area contributed by atoms with Gasteiger partial charge in [0, 0.05) is 29.4 Å². The molecule has 1 aliphatic heterocycles. The molecular formula is C18H19NO2. The molecule has 2 aromatic rings. The minimum Gasteiger partial charge on any atom is -0.491 e. The van der Waals surface area contributed by atoms with Crippen molar-refractivity contribution in [3.05, 3.63) is 53.3 Å². The van der Waals surface area contributed by atoms with E-state index >= 15 is 0 Å². The molecule has 1 unspecified atom stereocenters. The Labute approximate surface area is 124 Å². The summed E-state index contributed by atoms with van der Waals surface area (Å²) in [6, 6.07) is 10.3. The summed E-state index contributed by atoms with van der Waals surface area (Å²) in [6.45, 7) is 4.99. The molecule has 21 heavy (non-hydrogen) atoms. The van der Waals surface area contributed by atoms with Gasteiger partial charge in [-0.15, -0.1) is 0 Å². The van der Waals surface area contributed by atoms with Crippen LogP contribution in [-0.4, -0.2) is 17.0 Å². The average Bonchev–Trinajstić information content (AvgIpc) is 3.00. The van der Waals surface area contributed by atoms with Crippen LogP contribution in [0.2, 0.25) is 0 Å². The first-order valence-electron chi connectivity index (χ1n) is 7.50. The van der Waals surface area contributed by atoms with Crippen molar-refractivity contribution in [2.45, 2.75) is 32.7 Å². The molecule has 108 valence electrons. The predicted octanol–water partition coefficient (Wildman–Crippen LogP) is 3.63. The lowest BCUT2D eigenvalue weighted by Gasteiger charge is -2.30. The number of para-hydroxylation sites is 1. The molecule has 0 fully saturated rings. The van der Waals surface area contributed by atoms with Crippen molar-refractivity contribution in [1.29, 1.82) is 0 Å². The Balaban J connectivity index is 1.81. The Morgan fingerprint density at radius 3 is 2.86 bits per heavy atom. The quantitative estimate of drug-likeness (QED) is 0.799. The molecule has 1 atom stereocenters. The van der Waals surface area contributed by atoms with E-state index in [2.05, 4.69) is 30.7 Å². The van der Waals surface area contributed by atoms with E-state index in [0.717, 1.165) is 17.7 Å². The number of fused-ring (bicyclic) bond motifs is 2. The van der Waals surface area contributed by atoms with Gasteiger partial charge in [0.15, 0.2) is 5.78 Å². The fraction of sp³-hybridized carbons (Fsp3) is 0.389. The molecule has 0 bridgehead atoms. The van der Waals surface area contributed by atoms with Crippen LogP contribution in [0.15, 0.2) is 36.5 Å². The molecule has 1 aromatic carbocycles. The number of carbonyl (C=O) groups excluding carboxylic acids is 1. The third-order valence-electron chi connectivity index (χ3n) is 4.62. The second-order valence-electron chi connectivity index (χ2n) is 6.89. The van der Waals surface area contributed by atoms with Gasteiger partial charge in [-0.3, -0.25) is 4.79 Å². The molecule has 2 aliphatic rings. The monoisotopic (exact) mass is 281 g/mol. The summed E-state index contributed by atoms with van der Waals surface area (Å²) < 4.78 is 8.05. The van der Waals surface area contributed by atoms with E-state index in [9.17, 15) is 4.79 Å². The number of Topliss-reactive ketones (excluding diaryl/α,β-unsaturated/α-hetero) is 1. The van der Waals surface area contributed by atoms with Gasteiger partial charge in [-0.1, -0.05) is 32.0 Å². The Kier molecular flexibility index (Phi) is 2.56. The van der Waals surface area contributed by atoms with Gasteiger partial charge in [0.2, 0.25) is 0 Å².